The molecule has 27 heavy (non-hydrogen) atoms. The molecule has 0 fully saturated rings. The van der Waals surface area contributed by atoms with Gasteiger partial charge in [-0.15, -0.1) is 0 Å². The third-order valence-electron chi connectivity index (χ3n) is 3.84. The SMILES string of the molecule is O=C(Nc1ccc(-c2cc(O)cc(C(=O)O)c2)cc1)OCc1ccccc1. The highest BCUT2D eigenvalue weighted by molar-refractivity contribution is 5.90. The number of benzene rings is 3. The van der Waals surface area contributed by atoms with Crippen LogP contribution in [-0.4, -0.2) is 22.3 Å². The Bertz CT molecular complexity index is 952. The van der Waals surface area contributed by atoms with Gasteiger partial charge >= 0.3 is 12.1 Å². The summed E-state index contributed by atoms with van der Waals surface area (Å²) >= 11 is 0. The first-order valence-corrected chi connectivity index (χ1v) is 8.17. The van der Waals surface area contributed by atoms with E-state index in [0.29, 0.717) is 16.8 Å². The number of amides is 1. The van der Waals surface area contributed by atoms with Crippen molar-refractivity contribution in [3.05, 3.63) is 83.9 Å². The van der Waals surface area contributed by atoms with Crippen molar-refractivity contribution in [3.8, 4) is 16.9 Å². The molecule has 0 radical (unpaired) electrons. The summed E-state index contributed by atoms with van der Waals surface area (Å²) in [5.74, 6) is -1.25. The number of ether oxygens (including phenoxy) is 1. The van der Waals surface area contributed by atoms with Crippen LogP contribution in [0.1, 0.15) is 15.9 Å². The first kappa shape index (κ1) is 18.0. The van der Waals surface area contributed by atoms with Gasteiger partial charge in [0.05, 0.1) is 5.56 Å². The molecule has 136 valence electrons. The van der Waals surface area contributed by atoms with E-state index in [1.165, 1.54) is 18.2 Å². The van der Waals surface area contributed by atoms with Gasteiger partial charge in [-0.2, -0.15) is 0 Å². The quantitative estimate of drug-likeness (QED) is 0.620. The number of carboxylic acids is 1. The van der Waals surface area contributed by atoms with E-state index >= 15 is 0 Å². The zero-order valence-corrected chi connectivity index (χ0v) is 14.3. The van der Waals surface area contributed by atoms with Crippen LogP contribution in [-0.2, 0) is 11.3 Å². The van der Waals surface area contributed by atoms with Gasteiger partial charge in [0, 0.05) is 5.69 Å². The molecule has 0 aliphatic carbocycles. The monoisotopic (exact) mass is 363 g/mol. The third kappa shape index (κ3) is 4.85. The Balaban J connectivity index is 1.65. The number of aromatic carboxylic acids is 1. The Morgan fingerprint density at radius 3 is 2.26 bits per heavy atom. The average Bonchev–Trinajstić information content (AvgIpc) is 2.67. The molecule has 0 aliphatic heterocycles. The van der Waals surface area contributed by atoms with E-state index in [0.717, 1.165) is 5.56 Å². The summed E-state index contributed by atoms with van der Waals surface area (Å²) < 4.78 is 5.16. The number of aromatic hydroxyl groups is 1. The van der Waals surface area contributed by atoms with Crippen molar-refractivity contribution in [3.63, 3.8) is 0 Å². The van der Waals surface area contributed by atoms with Crippen molar-refractivity contribution >= 4 is 17.7 Å². The van der Waals surface area contributed by atoms with Gasteiger partial charge in [0.1, 0.15) is 12.4 Å². The fraction of sp³-hybridized carbons (Fsp3) is 0.0476. The number of carbonyl (C=O) groups is 2. The van der Waals surface area contributed by atoms with Crippen LogP contribution in [0.2, 0.25) is 0 Å². The van der Waals surface area contributed by atoms with Gasteiger partial charge in [-0.25, -0.2) is 9.59 Å². The third-order valence-corrected chi connectivity index (χ3v) is 3.84. The fourth-order valence-corrected chi connectivity index (χ4v) is 2.52. The predicted octanol–water partition coefficient (Wildman–Crippen LogP) is 4.51. The summed E-state index contributed by atoms with van der Waals surface area (Å²) in [7, 11) is 0. The number of anilines is 1. The molecular formula is C21H17NO5. The summed E-state index contributed by atoms with van der Waals surface area (Å²) in [5, 5.41) is 21.4. The summed E-state index contributed by atoms with van der Waals surface area (Å²) in [4.78, 5) is 23.0. The van der Waals surface area contributed by atoms with Crippen LogP contribution in [0.5, 0.6) is 5.75 Å². The number of hydrogen-bond donors (Lipinski definition) is 3. The molecule has 0 aliphatic rings. The van der Waals surface area contributed by atoms with E-state index in [-0.39, 0.29) is 17.9 Å². The van der Waals surface area contributed by atoms with Crippen LogP contribution in [0.25, 0.3) is 11.1 Å². The van der Waals surface area contributed by atoms with Crippen LogP contribution in [0.3, 0.4) is 0 Å². The molecule has 3 rings (SSSR count). The van der Waals surface area contributed by atoms with Crippen molar-refractivity contribution in [2.24, 2.45) is 0 Å². The number of hydrogen-bond acceptors (Lipinski definition) is 4. The maximum atomic E-state index is 11.9. The first-order valence-electron chi connectivity index (χ1n) is 8.17. The molecule has 0 aromatic heterocycles. The summed E-state index contributed by atoms with van der Waals surface area (Å²) in [6, 6.07) is 20.3. The molecule has 0 saturated heterocycles. The molecule has 0 unspecified atom stereocenters. The lowest BCUT2D eigenvalue weighted by Gasteiger charge is -2.09. The minimum absolute atomic E-state index is 0.00306. The fourth-order valence-electron chi connectivity index (χ4n) is 2.52. The standard InChI is InChI=1S/C21H17NO5/c23-19-11-16(10-17(12-19)20(24)25)15-6-8-18(9-7-15)22-21(26)27-13-14-4-2-1-3-5-14/h1-12,23H,13H2,(H,22,26)(H,24,25). The second-order valence-corrected chi connectivity index (χ2v) is 5.84. The van der Waals surface area contributed by atoms with Gasteiger partial charge in [0.2, 0.25) is 0 Å². The maximum absolute atomic E-state index is 11.9. The van der Waals surface area contributed by atoms with Crippen molar-refractivity contribution in [1.82, 2.24) is 0 Å². The molecule has 0 spiro atoms. The summed E-state index contributed by atoms with van der Waals surface area (Å²) in [6.45, 7) is 0.173. The zero-order valence-electron chi connectivity index (χ0n) is 14.3. The van der Waals surface area contributed by atoms with Crippen LogP contribution in [0, 0.1) is 0 Å². The molecule has 0 atom stereocenters. The Morgan fingerprint density at radius 2 is 1.59 bits per heavy atom. The molecule has 3 aromatic rings. The van der Waals surface area contributed by atoms with Crippen molar-refractivity contribution in [1.29, 1.82) is 0 Å². The highest BCUT2D eigenvalue weighted by Crippen LogP contribution is 2.26. The predicted molar refractivity (Wildman–Crippen MR) is 101 cm³/mol. The molecule has 6 heteroatoms. The van der Waals surface area contributed by atoms with Crippen LogP contribution in [0.15, 0.2) is 72.8 Å². The van der Waals surface area contributed by atoms with E-state index in [4.69, 9.17) is 9.84 Å². The summed E-state index contributed by atoms with van der Waals surface area (Å²) in [6.07, 6.45) is -0.572. The van der Waals surface area contributed by atoms with Crippen LogP contribution >= 0.6 is 0 Å². The average molecular weight is 363 g/mol. The largest absolute Gasteiger partial charge is 0.508 e. The lowest BCUT2D eigenvalue weighted by Crippen LogP contribution is -2.13. The van der Waals surface area contributed by atoms with Gasteiger partial charge in [-0.3, -0.25) is 5.32 Å². The smallest absolute Gasteiger partial charge is 0.411 e. The zero-order chi connectivity index (χ0) is 19.2. The van der Waals surface area contributed by atoms with Gasteiger partial charge in [0.15, 0.2) is 0 Å². The molecular weight excluding hydrogens is 346 g/mol. The number of carboxylic acid groups (broad SMARTS) is 1. The van der Waals surface area contributed by atoms with Gasteiger partial charge < -0.3 is 14.9 Å². The molecule has 0 heterocycles. The van der Waals surface area contributed by atoms with Gasteiger partial charge in [-0.05, 0) is 47.0 Å². The Hall–Kier alpha value is -3.80. The second-order valence-electron chi connectivity index (χ2n) is 5.84. The number of phenolic OH excluding ortho intramolecular Hbond substituents is 1. The molecule has 3 N–H and O–H groups in total. The number of rotatable bonds is 5. The lowest BCUT2D eigenvalue weighted by atomic mass is 10.0. The lowest BCUT2D eigenvalue weighted by molar-refractivity contribution is 0.0696. The highest BCUT2D eigenvalue weighted by Gasteiger charge is 2.09. The first-order chi connectivity index (χ1) is 13.0. The minimum Gasteiger partial charge on any atom is -0.508 e. The number of nitrogens with one attached hydrogen (secondary N) is 1. The molecule has 0 saturated carbocycles. The van der Waals surface area contributed by atoms with Crippen LogP contribution < -0.4 is 5.32 Å². The second kappa shape index (κ2) is 8.05. The summed E-state index contributed by atoms with van der Waals surface area (Å²) in [5.41, 5.74) is 2.69. The Labute approximate surface area is 155 Å². The van der Waals surface area contributed by atoms with Crippen molar-refractivity contribution < 1.29 is 24.5 Å². The normalized spacial score (nSPS) is 10.2. The van der Waals surface area contributed by atoms with E-state index in [1.807, 2.05) is 30.3 Å². The Kier molecular flexibility index (Phi) is 5.37. The number of carbonyl (C=O) groups excluding carboxylic acids is 1. The van der Waals surface area contributed by atoms with Gasteiger partial charge in [0.25, 0.3) is 0 Å². The highest BCUT2D eigenvalue weighted by atomic mass is 16.5. The molecule has 6 nitrogen and oxygen atoms in total. The minimum atomic E-state index is -1.12. The molecule has 1 amide bonds. The molecule has 3 aromatic carbocycles. The van der Waals surface area contributed by atoms with E-state index in [9.17, 15) is 14.7 Å². The van der Waals surface area contributed by atoms with Crippen molar-refractivity contribution in [2.75, 3.05) is 5.32 Å². The number of phenols is 1. The topological polar surface area (TPSA) is 95.9 Å². The van der Waals surface area contributed by atoms with E-state index in [1.54, 1.807) is 24.3 Å². The van der Waals surface area contributed by atoms with E-state index < -0.39 is 12.1 Å². The van der Waals surface area contributed by atoms with Crippen LogP contribution in [0.4, 0.5) is 10.5 Å². The van der Waals surface area contributed by atoms with Crippen molar-refractivity contribution in [2.45, 2.75) is 6.61 Å². The van der Waals surface area contributed by atoms with Gasteiger partial charge in [-0.1, -0.05) is 42.5 Å². The Morgan fingerprint density at radius 1 is 0.889 bits per heavy atom. The molecule has 0 bridgehead atoms. The maximum Gasteiger partial charge on any atom is 0.411 e. The van der Waals surface area contributed by atoms with E-state index in [2.05, 4.69) is 5.32 Å².